The molecule has 0 saturated carbocycles. The maximum atomic E-state index is 5.06. The zero-order chi connectivity index (χ0) is 10.6. The van der Waals surface area contributed by atoms with Crippen molar-refractivity contribution in [3.05, 3.63) is 15.6 Å². The Kier molecular flexibility index (Phi) is 4.28. The Morgan fingerprint density at radius 1 is 1.43 bits per heavy atom. The lowest BCUT2D eigenvalue weighted by Gasteiger charge is -2.07. The van der Waals surface area contributed by atoms with Gasteiger partial charge in [-0.1, -0.05) is 0 Å². The number of rotatable bonds is 3. The van der Waals surface area contributed by atoms with Crippen LogP contribution in [0.4, 0.5) is 0 Å². The van der Waals surface area contributed by atoms with Gasteiger partial charge in [-0.2, -0.15) is 0 Å². The van der Waals surface area contributed by atoms with Gasteiger partial charge in [-0.05, 0) is 33.0 Å². The van der Waals surface area contributed by atoms with E-state index in [-0.39, 0.29) is 0 Å². The van der Waals surface area contributed by atoms with Gasteiger partial charge in [0.2, 0.25) is 0 Å². The maximum absolute atomic E-state index is 5.06. The molecule has 0 spiro atoms. The van der Waals surface area contributed by atoms with Gasteiger partial charge in [0.1, 0.15) is 0 Å². The predicted molar refractivity (Wildman–Crippen MR) is 64.7 cm³/mol. The van der Waals surface area contributed by atoms with Crippen molar-refractivity contribution < 1.29 is 0 Å². The molecule has 0 aliphatic rings. The highest BCUT2D eigenvalue weighted by atomic mass is 32.1. The van der Waals surface area contributed by atoms with Crippen molar-refractivity contribution in [2.24, 2.45) is 0 Å². The molecule has 0 aliphatic heterocycles. The number of aromatic nitrogens is 1. The minimum atomic E-state index is 0.706. The van der Waals surface area contributed by atoms with Gasteiger partial charge in [0.25, 0.3) is 0 Å². The molecule has 2 N–H and O–H groups in total. The van der Waals surface area contributed by atoms with E-state index in [0.717, 1.165) is 23.8 Å². The van der Waals surface area contributed by atoms with E-state index in [9.17, 15) is 0 Å². The third-order valence-corrected chi connectivity index (χ3v) is 3.11. The van der Waals surface area contributed by atoms with Crippen molar-refractivity contribution >= 4 is 28.7 Å². The number of thiocarbonyl (C=S) groups is 1. The molecule has 14 heavy (non-hydrogen) atoms. The number of hydrogen-bond acceptors (Lipinski definition) is 3. The zero-order valence-electron chi connectivity index (χ0n) is 8.68. The van der Waals surface area contributed by atoms with Gasteiger partial charge in [-0.3, -0.25) is 0 Å². The number of nitrogens with zero attached hydrogens (tertiary/aromatic N) is 1. The van der Waals surface area contributed by atoms with Crippen LogP contribution in [-0.2, 0) is 6.54 Å². The minimum Gasteiger partial charge on any atom is -0.363 e. The van der Waals surface area contributed by atoms with Crippen LogP contribution in [0.1, 0.15) is 22.5 Å². The van der Waals surface area contributed by atoms with Crippen molar-refractivity contribution in [1.29, 1.82) is 0 Å². The summed E-state index contributed by atoms with van der Waals surface area (Å²) in [6.45, 7) is 7.69. The summed E-state index contributed by atoms with van der Waals surface area (Å²) < 4.78 is 0. The molecule has 1 aromatic rings. The Labute approximate surface area is 93.9 Å². The largest absolute Gasteiger partial charge is 0.363 e. The fourth-order valence-electron chi connectivity index (χ4n) is 1.12. The summed E-state index contributed by atoms with van der Waals surface area (Å²) in [6, 6.07) is 0. The average Bonchev–Trinajstić information content (AvgIpc) is 2.42. The normalized spacial score (nSPS) is 9.93. The molecule has 1 aromatic heterocycles. The smallest absolute Gasteiger partial charge is 0.166 e. The summed E-state index contributed by atoms with van der Waals surface area (Å²) in [6.07, 6.45) is 0. The molecule has 0 atom stereocenters. The molecule has 3 nitrogen and oxygen atoms in total. The SMILES string of the molecule is CCNC(=S)NCc1sc(C)nc1C. The summed E-state index contributed by atoms with van der Waals surface area (Å²) in [7, 11) is 0. The Hall–Kier alpha value is -0.680. The van der Waals surface area contributed by atoms with Crippen molar-refractivity contribution in [3.8, 4) is 0 Å². The van der Waals surface area contributed by atoms with Crippen LogP contribution < -0.4 is 10.6 Å². The van der Waals surface area contributed by atoms with E-state index in [1.165, 1.54) is 4.88 Å². The lowest BCUT2D eigenvalue weighted by molar-refractivity contribution is 0.857. The third kappa shape index (κ3) is 3.23. The van der Waals surface area contributed by atoms with E-state index in [1.54, 1.807) is 11.3 Å². The summed E-state index contributed by atoms with van der Waals surface area (Å²) in [4.78, 5) is 5.60. The minimum absolute atomic E-state index is 0.706. The molecule has 0 aliphatic carbocycles. The summed E-state index contributed by atoms with van der Waals surface area (Å²) in [5, 5.41) is 8.00. The van der Waals surface area contributed by atoms with E-state index in [0.29, 0.717) is 5.11 Å². The van der Waals surface area contributed by atoms with Gasteiger partial charge >= 0.3 is 0 Å². The van der Waals surface area contributed by atoms with E-state index in [1.807, 2.05) is 20.8 Å². The number of thiazole rings is 1. The fourth-order valence-corrected chi connectivity index (χ4v) is 2.21. The van der Waals surface area contributed by atoms with E-state index < -0.39 is 0 Å². The lowest BCUT2D eigenvalue weighted by Crippen LogP contribution is -2.34. The molecule has 1 rings (SSSR count). The molecule has 0 unspecified atom stereocenters. The van der Waals surface area contributed by atoms with Crippen LogP contribution in [0.5, 0.6) is 0 Å². The monoisotopic (exact) mass is 229 g/mol. The second kappa shape index (κ2) is 5.26. The quantitative estimate of drug-likeness (QED) is 0.774. The average molecular weight is 229 g/mol. The first-order chi connectivity index (χ1) is 6.63. The van der Waals surface area contributed by atoms with Crippen LogP contribution in [0.15, 0.2) is 0 Å². The van der Waals surface area contributed by atoms with Crippen molar-refractivity contribution in [2.75, 3.05) is 6.54 Å². The summed E-state index contributed by atoms with van der Waals surface area (Å²) in [5.41, 5.74) is 1.10. The molecular weight excluding hydrogens is 214 g/mol. The van der Waals surface area contributed by atoms with Crippen molar-refractivity contribution in [3.63, 3.8) is 0 Å². The molecule has 78 valence electrons. The van der Waals surface area contributed by atoms with Crippen LogP contribution in [0.2, 0.25) is 0 Å². The standard InChI is InChI=1S/C9H15N3S2/c1-4-10-9(13)11-5-8-6(2)12-7(3)14-8/h4-5H2,1-3H3,(H2,10,11,13). The molecule has 5 heteroatoms. The lowest BCUT2D eigenvalue weighted by atomic mass is 10.4. The van der Waals surface area contributed by atoms with Crippen molar-refractivity contribution in [2.45, 2.75) is 27.3 Å². The van der Waals surface area contributed by atoms with E-state index in [4.69, 9.17) is 12.2 Å². The Balaban J connectivity index is 2.45. The first kappa shape index (κ1) is 11.4. The van der Waals surface area contributed by atoms with Crippen LogP contribution in [-0.4, -0.2) is 16.6 Å². The Morgan fingerprint density at radius 3 is 2.64 bits per heavy atom. The first-order valence-electron chi connectivity index (χ1n) is 4.58. The summed E-state index contributed by atoms with van der Waals surface area (Å²) in [5.74, 6) is 0. The molecule has 0 bridgehead atoms. The van der Waals surface area contributed by atoms with Gasteiger partial charge in [0, 0.05) is 11.4 Å². The Bertz CT molecular complexity index is 320. The van der Waals surface area contributed by atoms with Crippen LogP contribution >= 0.6 is 23.6 Å². The number of aryl methyl sites for hydroxylation is 2. The molecule has 0 fully saturated rings. The second-order valence-corrected chi connectivity index (χ2v) is 4.65. The van der Waals surface area contributed by atoms with Crippen LogP contribution in [0.25, 0.3) is 0 Å². The van der Waals surface area contributed by atoms with Crippen LogP contribution in [0, 0.1) is 13.8 Å². The number of nitrogens with one attached hydrogen (secondary N) is 2. The van der Waals surface area contributed by atoms with Crippen LogP contribution in [0.3, 0.4) is 0 Å². The highest BCUT2D eigenvalue weighted by Crippen LogP contribution is 2.16. The van der Waals surface area contributed by atoms with E-state index >= 15 is 0 Å². The molecule has 0 saturated heterocycles. The topological polar surface area (TPSA) is 37.0 Å². The van der Waals surface area contributed by atoms with Crippen molar-refractivity contribution in [1.82, 2.24) is 15.6 Å². The van der Waals surface area contributed by atoms with Gasteiger partial charge in [0.15, 0.2) is 5.11 Å². The molecule has 0 radical (unpaired) electrons. The molecular formula is C9H15N3S2. The van der Waals surface area contributed by atoms with Gasteiger partial charge in [-0.25, -0.2) is 4.98 Å². The highest BCUT2D eigenvalue weighted by Gasteiger charge is 2.04. The summed E-state index contributed by atoms with van der Waals surface area (Å²) >= 11 is 6.78. The molecule has 1 heterocycles. The fraction of sp³-hybridized carbons (Fsp3) is 0.556. The predicted octanol–water partition coefficient (Wildman–Crippen LogP) is 1.74. The second-order valence-electron chi connectivity index (χ2n) is 2.95. The zero-order valence-corrected chi connectivity index (χ0v) is 10.3. The first-order valence-corrected chi connectivity index (χ1v) is 5.80. The van der Waals surface area contributed by atoms with Gasteiger partial charge in [-0.15, -0.1) is 11.3 Å². The molecule has 0 amide bonds. The molecule has 0 aromatic carbocycles. The van der Waals surface area contributed by atoms with Gasteiger partial charge in [0.05, 0.1) is 17.2 Å². The highest BCUT2D eigenvalue weighted by molar-refractivity contribution is 7.80. The van der Waals surface area contributed by atoms with E-state index in [2.05, 4.69) is 15.6 Å². The van der Waals surface area contributed by atoms with Gasteiger partial charge < -0.3 is 10.6 Å². The number of hydrogen-bond donors (Lipinski definition) is 2. The third-order valence-electron chi connectivity index (χ3n) is 1.75. The Morgan fingerprint density at radius 2 is 2.14 bits per heavy atom. The maximum Gasteiger partial charge on any atom is 0.166 e.